The van der Waals surface area contributed by atoms with Gasteiger partial charge in [0.05, 0.1) is 6.42 Å². The van der Waals surface area contributed by atoms with Crippen molar-refractivity contribution in [3.05, 3.63) is 53.6 Å². The van der Waals surface area contributed by atoms with Crippen molar-refractivity contribution in [2.45, 2.75) is 25.9 Å². The fourth-order valence-corrected chi connectivity index (χ4v) is 2.69. The molecular weight excluding hydrogens is 308 g/mol. The molecule has 0 amide bonds. The van der Waals surface area contributed by atoms with Crippen molar-refractivity contribution in [1.29, 1.82) is 0 Å². The number of fused-ring (bicyclic) bond motifs is 1. The number of carbonyl (C=O) groups is 2. The minimum Gasteiger partial charge on any atom is -0.507 e. The number of hydrogen-bond acceptors (Lipinski definition) is 5. The molecule has 2 aromatic rings. The Balaban J connectivity index is 1.80. The molecule has 2 aromatic carbocycles. The molecule has 1 heterocycles. The number of carbonyl (C=O) groups excluding carboxylic acids is 2. The summed E-state index contributed by atoms with van der Waals surface area (Å²) in [7, 11) is 0. The van der Waals surface area contributed by atoms with E-state index < -0.39 is 5.60 Å². The van der Waals surface area contributed by atoms with Crippen LogP contribution in [0, 0.1) is 0 Å². The minimum atomic E-state index is -0.644. The first-order chi connectivity index (χ1) is 11.4. The van der Waals surface area contributed by atoms with E-state index in [1.807, 2.05) is 6.07 Å². The molecule has 3 rings (SSSR count). The molecule has 5 nitrogen and oxygen atoms in total. The molecule has 0 aromatic heterocycles. The monoisotopic (exact) mass is 326 g/mol. The Kier molecular flexibility index (Phi) is 4.01. The van der Waals surface area contributed by atoms with Crippen LogP contribution in [0.25, 0.3) is 0 Å². The predicted molar refractivity (Wildman–Crippen MR) is 88.0 cm³/mol. The standard InChI is InChI=1S/C19H18O5/c1-19(2)10-15(21)18-14(20)8-13(9-17(18)24-19)23-11-16(22)12-6-4-3-5-7-12/h3-9,20H,10-11H2,1-2H3. The van der Waals surface area contributed by atoms with Crippen LogP contribution < -0.4 is 9.47 Å². The summed E-state index contributed by atoms with van der Waals surface area (Å²) in [4.78, 5) is 24.2. The van der Waals surface area contributed by atoms with Gasteiger partial charge in [-0.1, -0.05) is 30.3 Å². The lowest BCUT2D eigenvalue weighted by atomic mass is 9.92. The average molecular weight is 326 g/mol. The molecule has 0 saturated heterocycles. The molecule has 0 fully saturated rings. The Labute approximate surface area is 139 Å². The Bertz CT molecular complexity index is 793. The number of ketones is 2. The van der Waals surface area contributed by atoms with Gasteiger partial charge in [-0.15, -0.1) is 0 Å². The van der Waals surface area contributed by atoms with Crippen molar-refractivity contribution >= 4 is 11.6 Å². The van der Waals surface area contributed by atoms with Gasteiger partial charge in [-0.2, -0.15) is 0 Å². The number of phenols is 1. The molecule has 1 aliphatic rings. The summed E-state index contributed by atoms with van der Waals surface area (Å²) in [6, 6.07) is 11.7. The van der Waals surface area contributed by atoms with E-state index in [1.165, 1.54) is 12.1 Å². The quantitative estimate of drug-likeness (QED) is 0.872. The van der Waals surface area contributed by atoms with Crippen molar-refractivity contribution in [1.82, 2.24) is 0 Å². The van der Waals surface area contributed by atoms with E-state index in [4.69, 9.17) is 9.47 Å². The molecular formula is C19H18O5. The van der Waals surface area contributed by atoms with E-state index in [0.29, 0.717) is 5.56 Å². The Morgan fingerprint density at radius 3 is 2.67 bits per heavy atom. The normalized spacial score (nSPS) is 15.3. The predicted octanol–water partition coefficient (Wildman–Crippen LogP) is 3.40. The average Bonchev–Trinajstić information content (AvgIpc) is 2.51. The van der Waals surface area contributed by atoms with Gasteiger partial charge in [-0.3, -0.25) is 9.59 Å². The summed E-state index contributed by atoms with van der Waals surface area (Å²) in [6.07, 6.45) is 0.195. The number of hydrogen-bond donors (Lipinski definition) is 1. The molecule has 1 N–H and O–H groups in total. The lowest BCUT2D eigenvalue weighted by Gasteiger charge is -2.32. The van der Waals surface area contributed by atoms with Crippen molar-refractivity contribution in [3.8, 4) is 17.2 Å². The van der Waals surface area contributed by atoms with Gasteiger partial charge in [-0.25, -0.2) is 0 Å². The van der Waals surface area contributed by atoms with Crippen LogP contribution in [0.3, 0.4) is 0 Å². The topological polar surface area (TPSA) is 72.8 Å². The second kappa shape index (κ2) is 6.00. The Hall–Kier alpha value is -2.82. The molecule has 5 heteroatoms. The number of aromatic hydroxyl groups is 1. The van der Waals surface area contributed by atoms with E-state index in [2.05, 4.69) is 0 Å². The first-order valence-corrected chi connectivity index (χ1v) is 7.66. The molecule has 0 atom stereocenters. The van der Waals surface area contributed by atoms with Gasteiger partial charge in [0.2, 0.25) is 0 Å². The smallest absolute Gasteiger partial charge is 0.200 e. The molecule has 0 saturated carbocycles. The number of ether oxygens (including phenoxy) is 2. The van der Waals surface area contributed by atoms with Crippen LogP contribution in [0.5, 0.6) is 17.2 Å². The summed E-state index contributed by atoms with van der Waals surface area (Å²) in [5.74, 6) is 0.00500. The number of benzene rings is 2. The number of rotatable bonds is 4. The fraction of sp³-hybridized carbons (Fsp3) is 0.263. The van der Waals surface area contributed by atoms with Crippen LogP contribution in [-0.2, 0) is 0 Å². The maximum absolute atomic E-state index is 12.1. The highest BCUT2D eigenvalue weighted by molar-refractivity contribution is 6.03. The van der Waals surface area contributed by atoms with Crippen LogP contribution in [0.1, 0.15) is 41.0 Å². The molecule has 1 aliphatic heterocycles. The lowest BCUT2D eigenvalue weighted by molar-refractivity contribution is 0.0611. The first kappa shape index (κ1) is 16.1. The van der Waals surface area contributed by atoms with Crippen LogP contribution in [-0.4, -0.2) is 28.9 Å². The van der Waals surface area contributed by atoms with E-state index in [9.17, 15) is 14.7 Å². The molecule has 124 valence electrons. The molecule has 0 aliphatic carbocycles. The maximum Gasteiger partial charge on any atom is 0.200 e. The zero-order valence-corrected chi connectivity index (χ0v) is 13.5. The highest BCUT2D eigenvalue weighted by Crippen LogP contribution is 2.40. The van der Waals surface area contributed by atoms with Crippen molar-refractivity contribution in [3.63, 3.8) is 0 Å². The van der Waals surface area contributed by atoms with Crippen molar-refractivity contribution in [2.24, 2.45) is 0 Å². The second-order valence-electron chi connectivity index (χ2n) is 6.36. The highest BCUT2D eigenvalue weighted by atomic mass is 16.5. The van der Waals surface area contributed by atoms with Crippen molar-refractivity contribution < 1.29 is 24.2 Å². The summed E-state index contributed by atoms with van der Waals surface area (Å²) >= 11 is 0. The van der Waals surface area contributed by atoms with Crippen LogP contribution in [0.4, 0.5) is 0 Å². The maximum atomic E-state index is 12.1. The second-order valence-corrected chi connectivity index (χ2v) is 6.36. The van der Waals surface area contributed by atoms with E-state index in [1.54, 1.807) is 38.1 Å². The summed E-state index contributed by atoms with van der Waals surface area (Å²) in [5, 5.41) is 10.1. The van der Waals surface area contributed by atoms with E-state index >= 15 is 0 Å². The van der Waals surface area contributed by atoms with Crippen LogP contribution in [0.15, 0.2) is 42.5 Å². The zero-order chi connectivity index (χ0) is 17.3. The zero-order valence-electron chi connectivity index (χ0n) is 13.5. The Morgan fingerprint density at radius 1 is 1.25 bits per heavy atom. The van der Waals surface area contributed by atoms with Gasteiger partial charge in [0.1, 0.15) is 28.4 Å². The SMILES string of the molecule is CC1(C)CC(=O)c2c(O)cc(OCC(=O)c3ccccc3)cc2O1. The number of Topliss-reactive ketones (excluding diaryl/α,β-unsaturated/α-hetero) is 2. The largest absolute Gasteiger partial charge is 0.507 e. The van der Waals surface area contributed by atoms with Crippen LogP contribution in [0.2, 0.25) is 0 Å². The molecule has 0 spiro atoms. The van der Waals surface area contributed by atoms with E-state index in [-0.39, 0.29) is 47.4 Å². The fourth-order valence-electron chi connectivity index (χ4n) is 2.69. The lowest BCUT2D eigenvalue weighted by Crippen LogP contribution is -2.35. The summed E-state index contributed by atoms with van der Waals surface area (Å²) in [6.45, 7) is 3.44. The van der Waals surface area contributed by atoms with Crippen molar-refractivity contribution in [2.75, 3.05) is 6.61 Å². The first-order valence-electron chi connectivity index (χ1n) is 7.66. The summed E-state index contributed by atoms with van der Waals surface area (Å²) in [5.41, 5.74) is 0.0675. The van der Waals surface area contributed by atoms with Gasteiger partial charge < -0.3 is 14.6 Å². The summed E-state index contributed by atoms with van der Waals surface area (Å²) < 4.78 is 11.2. The molecule has 0 bridgehead atoms. The molecule has 0 radical (unpaired) electrons. The van der Waals surface area contributed by atoms with E-state index in [0.717, 1.165) is 0 Å². The van der Waals surface area contributed by atoms with Gasteiger partial charge in [0.25, 0.3) is 0 Å². The third-order valence-corrected chi connectivity index (χ3v) is 3.77. The van der Waals surface area contributed by atoms with Gasteiger partial charge >= 0.3 is 0 Å². The molecule has 0 unspecified atom stereocenters. The van der Waals surface area contributed by atoms with Gasteiger partial charge in [0.15, 0.2) is 18.2 Å². The number of phenolic OH excluding ortho intramolecular Hbond substituents is 1. The minimum absolute atomic E-state index is 0.163. The third-order valence-electron chi connectivity index (χ3n) is 3.77. The third kappa shape index (κ3) is 3.25. The van der Waals surface area contributed by atoms with Gasteiger partial charge in [-0.05, 0) is 13.8 Å². The van der Waals surface area contributed by atoms with Crippen LogP contribution >= 0.6 is 0 Å². The molecule has 24 heavy (non-hydrogen) atoms. The highest BCUT2D eigenvalue weighted by Gasteiger charge is 2.34. The van der Waals surface area contributed by atoms with Gasteiger partial charge in [0, 0.05) is 17.7 Å². The Morgan fingerprint density at radius 2 is 1.96 bits per heavy atom.